The van der Waals surface area contributed by atoms with Gasteiger partial charge in [-0.25, -0.2) is 13.6 Å². The van der Waals surface area contributed by atoms with E-state index in [2.05, 4.69) is 0 Å². The Morgan fingerprint density at radius 1 is 1.22 bits per heavy atom. The number of sulfonamides is 1. The molecule has 8 heteroatoms. The standard InChI is InChI=1S/C10H15N3O3S2/c11-10-8(13-4-6-17(14)7-5-13)2-1-3-9(10)18(12,15)16/h1-3H,4-7,11H2,(H2,12,15,16). The predicted molar refractivity (Wildman–Crippen MR) is 72.3 cm³/mol. The molecule has 0 aromatic heterocycles. The minimum absolute atomic E-state index is 0.0632. The van der Waals surface area contributed by atoms with E-state index in [-0.39, 0.29) is 10.6 Å². The number of primary sulfonamides is 1. The maximum absolute atomic E-state index is 11.4. The lowest BCUT2D eigenvalue weighted by Crippen LogP contribution is -2.38. The third-order valence-electron chi connectivity index (χ3n) is 2.87. The van der Waals surface area contributed by atoms with Crippen LogP contribution in [0.3, 0.4) is 0 Å². The quantitative estimate of drug-likeness (QED) is 0.713. The largest absolute Gasteiger partial charge is 0.396 e. The SMILES string of the molecule is Nc1c(N2CCS(=O)CC2)cccc1S(N)(=O)=O. The van der Waals surface area contributed by atoms with Crippen molar-refractivity contribution in [2.24, 2.45) is 5.14 Å². The van der Waals surface area contributed by atoms with Gasteiger partial charge >= 0.3 is 0 Å². The van der Waals surface area contributed by atoms with Gasteiger partial charge in [0.05, 0.1) is 11.4 Å². The zero-order valence-electron chi connectivity index (χ0n) is 9.70. The highest BCUT2D eigenvalue weighted by Gasteiger charge is 2.21. The Hall–Kier alpha value is -1.12. The molecule has 18 heavy (non-hydrogen) atoms. The van der Waals surface area contributed by atoms with E-state index in [4.69, 9.17) is 10.9 Å². The van der Waals surface area contributed by atoms with Gasteiger partial charge in [0, 0.05) is 35.4 Å². The molecule has 1 saturated heterocycles. The molecule has 6 nitrogen and oxygen atoms in total. The number of hydrogen-bond donors (Lipinski definition) is 2. The summed E-state index contributed by atoms with van der Waals surface area (Å²) in [5.74, 6) is 1.14. The second-order valence-electron chi connectivity index (χ2n) is 4.07. The van der Waals surface area contributed by atoms with Crippen LogP contribution in [0.25, 0.3) is 0 Å². The Morgan fingerprint density at radius 2 is 1.83 bits per heavy atom. The minimum atomic E-state index is -3.82. The number of hydrogen-bond acceptors (Lipinski definition) is 5. The molecule has 0 bridgehead atoms. The summed E-state index contributed by atoms with van der Waals surface area (Å²) in [7, 11) is -4.61. The van der Waals surface area contributed by atoms with Crippen molar-refractivity contribution in [1.29, 1.82) is 0 Å². The average Bonchev–Trinajstić information content (AvgIpc) is 2.29. The van der Waals surface area contributed by atoms with Crippen LogP contribution < -0.4 is 15.8 Å². The van der Waals surface area contributed by atoms with Crippen molar-refractivity contribution in [2.75, 3.05) is 35.2 Å². The number of nitrogens with two attached hydrogens (primary N) is 2. The van der Waals surface area contributed by atoms with Crippen LogP contribution in [0, 0.1) is 0 Å². The molecule has 100 valence electrons. The number of nitrogens with zero attached hydrogens (tertiary/aromatic N) is 1. The zero-order valence-corrected chi connectivity index (χ0v) is 11.3. The normalized spacial score (nSPS) is 17.9. The van der Waals surface area contributed by atoms with Crippen LogP contribution >= 0.6 is 0 Å². The van der Waals surface area contributed by atoms with Crippen molar-refractivity contribution >= 4 is 32.2 Å². The van der Waals surface area contributed by atoms with Crippen LogP contribution in [0.15, 0.2) is 23.1 Å². The fourth-order valence-corrected chi connectivity index (χ4v) is 3.67. The number of nitrogen functional groups attached to an aromatic ring is 1. The van der Waals surface area contributed by atoms with Crippen LogP contribution in [0.4, 0.5) is 11.4 Å². The third-order valence-corrected chi connectivity index (χ3v) is 5.11. The summed E-state index contributed by atoms with van der Waals surface area (Å²) >= 11 is 0. The summed E-state index contributed by atoms with van der Waals surface area (Å²) < 4.78 is 34.0. The zero-order chi connectivity index (χ0) is 13.3. The first kappa shape index (κ1) is 13.3. The van der Waals surface area contributed by atoms with Gasteiger partial charge in [0.25, 0.3) is 0 Å². The van der Waals surface area contributed by atoms with E-state index in [0.29, 0.717) is 30.3 Å². The summed E-state index contributed by atoms with van der Waals surface area (Å²) in [4.78, 5) is 1.87. The molecule has 1 fully saturated rings. The maximum Gasteiger partial charge on any atom is 0.240 e. The molecule has 0 unspecified atom stereocenters. The van der Waals surface area contributed by atoms with Gasteiger partial charge in [-0.15, -0.1) is 0 Å². The van der Waals surface area contributed by atoms with Crippen molar-refractivity contribution in [3.8, 4) is 0 Å². The van der Waals surface area contributed by atoms with Gasteiger partial charge in [-0.1, -0.05) is 6.07 Å². The Labute approximate surface area is 108 Å². The summed E-state index contributed by atoms with van der Waals surface area (Å²) in [6.45, 7) is 1.20. The molecule has 0 amide bonds. The second-order valence-corrected chi connectivity index (χ2v) is 7.30. The van der Waals surface area contributed by atoms with Gasteiger partial charge in [-0.2, -0.15) is 0 Å². The number of benzene rings is 1. The predicted octanol–water partition coefficient (Wildman–Crippen LogP) is -0.515. The summed E-state index contributed by atoms with van der Waals surface area (Å²) in [6, 6.07) is 4.74. The van der Waals surface area contributed by atoms with Crippen molar-refractivity contribution in [3.63, 3.8) is 0 Å². The van der Waals surface area contributed by atoms with Crippen LogP contribution in [-0.2, 0) is 20.8 Å². The lowest BCUT2D eigenvalue weighted by atomic mass is 10.2. The van der Waals surface area contributed by atoms with E-state index in [0.717, 1.165) is 0 Å². The molecule has 1 aliphatic heterocycles. The van der Waals surface area contributed by atoms with Crippen molar-refractivity contribution in [2.45, 2.75) is 4.90 Å². The van der Waals surface area contributed by atoms with Crippen LogP contribution in [0.5, 0.6) is 0 Å². The monoisotopic (exact) mass is 289 g/mol. The van der Waals surface area contributed by atoms with Gasteiger partial charge in [0.15, 0.2) is 0 Å². The van der Waals surface area contributed by atoms with Gasteiger partial charge in [-0.3, -0.25) is 4.21 Å². The maximum atomic E-state index is 11.4. The van der Waals surface area contributed by atoms with Crippen LogP contribution in [0.2, 0.25) is 0 Å². The molecule has 0 atom stereocenters. The van der Waals surface area contributed by atoms with Gasteiger partial charge < -0.3 is 10.6 Å². The number of rotatable bonds is 2. The van der Waals surface area contributed by atoms with Crippen molar-refractivity contribution in [1.82, 2.24) is 0 Å². The first-order valence-electron chi connectivity index (χ1n) is 5.41. The molecule has 0 radical (unpaired) electrons. The summed E-state index contributed by atoms with van der Waals surface area (Å²) in [5, 5.41) is 5.10. The Kier molecular flexibility index (Phi) is 3.60. The van der Waals surface area contributed by atoms with Gasteiger partial charge in [-0.05, 0) is 12.1 Å². The summed E-state index contributed by atoms with van der Waals surface area (Å²) in [5.41, 5.74) is 6.66. The van der Waals surface area contributed by atoms with Gasteiger partial charge in [0.1, 0.15) is 4.90 Å². The molecule has 1 aliphatic rings. The summed E-state index contributed by atoms with van der Waals surface area (Å²) in [6.07, 6.45) is 0. The van der Waals surface area contributed by atoms with E-state index < -0.39 is 20.8 Å². The lowest BCUT2D eigenvalue weighted by Gasteiger charge is -2.29. The fourth-order valence-electron chi connectivity index (χ4n) is 1.94. The molecular weight excluding hydrogens is 274 g/mol. The van der Waals surface area contributed by atoms with E-state index in [9.17, 15) is 12.6 Å². The van der Waals surface area contributed by atoms with Crippen LogP contribution in [-0.4, -0.2) is 37.2 Å². The smallest absolute Gasteiger partial charge is 0.240 e. The van der Waals surface area contributed by atoms with Crippen LogP contribution in [0.1, 0.15) is 0 Å². The molecule has 0 saturated carbocycles. The molecule has 0 spiro atoms. The fraction of sp³-hybridized carbons (Fsp3) is 0.400. The molecule has 4 N–H and O–H groups in total. The van der Waals surface area contributed by atoms with E-state index >= 15 is 0 Å². The molecule has 1 heterocycles. The molecule has 1 aromatic rings. The lowest BCUT2D eigenvalue weighted by molar-refractivity contribution is 0.598. The average molecular weight is 289 g/mol. The Balaban J connectivity index is 2.38. The molecule has 1 aromatic carbocycles. The number of para-hydroxylation sites is 1. The molecule has 2 rings (SSSR count). The topological polar surface area (TPSA) is 106 Å². The molecule has 0 aliphatic carbocycles. The highest BCUT2D eigenvalue weighted by Crippen LogP contribution is 2.29. The Morgan fingerprint density at radius 3 is 2.39 bits per heavy atom. The van der Waals surface area contributed by atoms with E-state index in [1.165, 1.54) is 6.07 Å². The second kappa shape index (κ2) is 4.87. The number of anilines is 2. The van der Waals surface area contributed by atoms with Gasteiger partial charge in [0.2, 0.25) is 10.0 Å². The Bertz CT molecular complexity index is 576. The highest BCUT2D eigenvalue weighted by molar-refractivity contribution is 7.89. The highest BCUT2D eigenvalue weighted by atomic mass is 32.2. The molecular formula is C10H15N3O3S2. The van der Waals surface area contributed by atoms with Crippen molar-refractivity contribution in [3.05, 3.63) is 18.2 Å². The third kappa shape index (κ3) is 2.65. The van der Waals surface area contributed by atoms with Crippen molar-refractivity contribution < 1.29 is 12.6 Å². The first-order chi connectivity index (χ1) is 8.39. The minimum Gasteiger partial charge on any atom is -0.396 e. The van der Waals surface area contributed by atoms with E-state index in [1.54, 1.807) is 12.1 Å². The first-order valence-corrected chi connectivity index (χ1v) is 8.44. The van der Waals surface area contributed by atoms with E-state index in [1.807, 2.05) is 4.90 Å².